The van der Waals surface area contributed by atoms with Crippen molar-refractivity contribution in [2.24, 2.45) is 0 Å². The third-order valence-corrected chi connectivity index (χ3v) is 7.90. The zero-order chi connectivity index (χ0) is 29.4. The summed E-state index contributed by atoms with van der Waals surface area (Å²) in [5, 5.41) is 0. The van der Waals surface area contributed by atoms with Crippen LogP contribution in [0.25, 0.3) is 43.1 Å². The molecule has 0 saturated carbocycles. The third kappa shape index (κ3) is 5.81. The van der Waals surface area contributed by atoms with Gasteiger partial charge in [-0.3, -0.25) is 0 Å². The Morgan fingerprint density at radius 3 is 1.00 bits per heavy atom. The van der Waals surface area contributed by atoms with E-state index in [2.05, 4.69) is 0 Å². The van der Waals surface area contributed by atoms with Crippen LogP contribution in [0.15, 0.2) is 97.1 Å². The van der Waals surface area contributed by atoms with Crippen molar-refractivity contribution in [3.8, 4) is 54.6 Å². The summed E-state index contributed by atoms with van der Waals surface area (Å²) in [6.07, 6.45) is -9.03. The van der Waals surface area contributed by atoms with Crippen molar-refractivity contribution < 1.29 is 35.8 Å². The summed E-state index contributed by atoms with van der Waals surface area (Å²) in [4.78, 5) is 1.49. The Morgan fingerprint density at radius 2 is 0.732 bits per heavy atom. The van der Waals surface area contributed by atoms with E-state index in [0.29, 0.717) is 33.8 Å². The van der Waals surface area contributed by atoms with Crippen LogP contribution >= 0.6 is 11.3 Å². The van der Waals surface area contributed by atoms with Gasteiger partial charge in [-0.15, -0.1) is 11.3 Å². The standard InChI is InChI=1S/C32H22F6O2S/c1-39-25-15-7-21(8-16-25)29-27(19-3-11-23(12-4-19)31(33,34)35)28(20-5-13-24(14-6-20)32(36,37)38)30(41-29)22-9-17-26(40-2)18-10-22/h3-18H,1-2H3. The molecule has 0 radical (unpaired) electrons. The van der Waals surface area contributed by atoms with Gasteiger partial charge in [-0.2, -0.15) is 26.3 Å². The monoisotopic (exact) mass is 584 g/mol. The van der Waals surface area contributed by atoms with Crippen molar-refractivity contribution in [2.45, 2.75) is 12.4 Å². The summed E-state index contributed by atoms with van der Waals surface area (Å²) in [5.41, 5.74) is 2.17. The summed E-state index contributed by atoms with van der Waals surface area (Å²) < 4.78 is 90.9. The number of methoxy groups -OCH3 is 2. The summed E-state index contributed by atoms with van der Waals surface area (Å²) in [6, 6.07) is 24.1. The maximum absolute atomic E-state index is 13.4. The Kier molecular flexibility index (Phi) is 7.57. The van der Waals surface area contributed by atoms with Crippen molar-refractivity contribution in [2.75, 3.05) is 14.2 Å². The summed E-state index contributed by atoms with van der Waals surface area (Å²) in [7, 11) is 3.08. The molecule has 0 aliphatic rings. The second-order valence-corrected chi connectivity index (χ2v) is 10.1. The molecule has 4 aromatic carbocycles. The SMILES string of the molecule is COc1ccc(-c2sc(-c3ccc(OC)cc3)c(-c3ccc(C(F)(F)F)cc3)c2-c2ccc(C(F)(F)F)cc2)cc1. The van der Waals surface area contributed by atoms with Crippen molar-refractivity contribution in [3.05, 3.63) is 108 Å². The predicted molar refractivity (Wildman–Crippen MR) is 149 cm³/mol. The van der Waals surface area contributed by atoms with E-state index in [0.717, 1.165) is 45.1 Å². The van der Waals surface area contributed by atoms with Crippen molar-refractivity contribution >= 4 is 11.3 Å². The van der Waals surface area contributed by atoms with Gasteiger partial charge < -0.3 is 9.47 Å². The molecule has 0 atom stereocenters. The van der Waals surface area contributed by atoms with Gasteiger partial charge >= 0.3 is 12.4 Å². The fourth-order valence-corrected chi connectivity index (χ4v) is 5.88. The van der Waals surface area contributed by atoms with E-state index in [4.69, 9.17) is 9.47 Å². The molecule has 5 rings (SSSR count). The number of thiophene rings is 1. The zero-order valence-corrected chi connectivity index (χ0v) is 22.5. The molecule has 210 valence electrons. The maximum Gasteiger partial charge on any atom is 0.416 e. The largest absolute Gasteiger partial charge is 0.497 e. The lowest BCUT2D eigenvalue weighted by Crippen LogP contribution is -2.04. The number of hydrogen-bond acceptors (Lipinski definition) is 3. The minimum Gasteiger partial charge on any atom is -0.497 e. The van der Waals surface area contributed by atoms with Crippen LogP contribution in [0.1, 0.15) is 11.1 Å². The molecule has 41 heavy (non-hydrogen) atoms. The zero-order valence-electron chi connectivity index (χ0n) is 21.7. The average molecular weight is 585 g/mol. The number of rotatable bonds is 6. The molecule has 0 amide bonds. The van der Waals surface area contributed by atoms with Crippen LogP contribution in [0.4, 0.5) is 26.3 Å². The van der Waals surface area contributed by atoms with E-state index < -0.39 is 23.5 Å². The van der Waals surface area contributed by atoms with Crippen molar-refractivity contribution in [1.29, 1.82) is 0 Å². The van der Waals surface area contributed by atoms with Gasteiger partial charge in [-0.1, -0.05) is 24.3 Å². The van der Waals surface area contributed by atoms with Crippen LogP contribution in [0.2, 0.25) is 0 Å². The molecule has 1 aromatic heterocycles. The maximum atomic E-state index is 13.4. The Morgan fingerprint density at radius 1 is 0.439 bits per heavy atom. The molecule has 0 aliphatic heterocycles. The fraction of sp³-hybridized carbons (Fsp3) is 0.125. The smallest absolute Gasteiger partial charge is 0.416 e. The molecule has 2 nitrogen and oxygen atoms in total. The highest BCUT2D eigenvalue weighted by atomic mass is 32.1. The van der Waals surface area contributed by atoms with Crippen LogP contribution in [-0.4, -0.2) is 14.2 Å². The second kappa shape index (κ2) is 11.0. The minimum atomic E-state index is -4.52. The van der Waals surface area contributed by atoms with Crippen molar-refractivity contribution in [1.82, 2.24) is 0 Å². The first-order valence-corrected chi connectivity index (χ1v) is 13.1. The van der Waals surface area contributed by atoms with Gasteiger partial charge in [0.05, 0.1) is 25.3 Å². The lowest BCUT2D eigenvalue weighted by Gasteiger charge is -2.14. The van der Waals surface area contributed by atoms with Gasteiger partial charge in [0.15, 0.2) is 0 Å². The molecule has 1 heterocycles. The van der Waals surface area contributed by atoms with Gasteiger partial charge in [0.25, 0.3) is 0 Å². The predicted octanol–water partition coefficient (Wildman–Crippen LogP) is 10.5. The number of hydrogen-bond donors (Lipinski definition) is 0. The third-order valence-electron chi connectivity index (χ3n) is 6.61. The molecule has 0 saturated heterocycles. The molecule has 0 aliphatic carbocycles. The van der Waals surface area contributed by atoms with Crippen LogP contribution in [0.5, 0.6) is 11.5 Å². The Hall–Kier alpha value is -4.24. The van der Waals surface area contributed by atoms with E-state index in [1.54, 1.807) is 24.3 Å². The first-order chi connectivity index (χ1) is 19.5. The van der Waals surface area contributed by atoms with E-state index in [-0.39, 0.29) is 0 Å². The summed E-state index contributed by atoms with van der Waals surface area (Å²) in [6.45, 7) is 0. The molecule has 0 fully saturated rings. The first kappa shape index (κ1) is 28.3. The summed E-state index contributed by atoms with van der Waals surface area (Å²) >= 11 is 1.40. The molecule has 0 N–H and O–H groups in total. The first-order valence-electron chi connectivity index (χ1n) is 12.3. The molecule has 5 aromatic rings. The molecular formula is C32H22F6O2S. The highest BCUT2D eigenvalue weighted by Crippen LogP contribution is 2.52. The van der Waals surface area contributed by atoms with Gasteiger partial charge in [0.2, 0.25) is 0 Å². The average Bonchev–Trinajstić information content (AvgIpc) is 3.37. The highest BCUT2D eigenvalue weighted by molar-refractivity contribution is 7.20. The Balaban J connectivity index is 1.81. The molecule has 0 unspecified atom stereocenters. The van der Waals surface area contributed by atoms with E-state index in [1.807, 2.05) is 24.3 Å². The van der Waals surface area contributed by atoms with Gasteiger partial charge in [0.1, 0.15) is 11.5 Å². The van der Waals surface area contributed by atoms with E-state index >= 15 is 0 Å². The van der Waals surface area contributed by atoms with Gasteiger partial charge in [-0.05, 0) is 95.1 Å². The number of alkyl halides is 6. The molecule has 9 heteroatoms. The molecule has 0 spiro atoms. The second-order valence-electron chi connectivity index (χ2n) is 9.12. The van der Waals surface area contributed by atoms with Crippen LogP contribution in [-0.2, 0) is 12.4 Å². The lowest BCUT2D eigenvalue weighted by molar-refractivity contribution is -0.138. The van der Waals surface area contributed by atoms with Crippen molar-refractivity contribution in [3.63, 3.8) is 0 Å². The van der Waals surface area contributed by atoms with E-state index in [9.17, 15) is 26.3 Å². The van der Waals surface area contributed by atoms with Crippen LogP contribution in [0.3, 0.4) is 0 Å². The highest BCUT2D eigenvalue weighted by Gasteiger charge is 2.32. The lowest BCUT2D eigenvalue weighted by atomic mass is 9.90. The minimum absolute atomic E-state index is 0.495. The number of halogens is 6. The quantitative estimate of drug-likeness (QED) is 0.185. The fourth-order valence-electron chi connectivity index (χ4n) is 4.53. The van der Waals surface area contributed by atoms with E-state index in [1.165, 1.54) is 49.8 Å². The molecule has 0 bridgehead atoms. The number of benzene rings is 4. The van der Waals surface area contributed by atoms with Crippen LogP contribution < -0.4 is 9.47 Å². The van der Waals surface area contributed by atoms with Gasteiger partial charge in [0, 0.05) is 20.9 Å². The number of ether oxygens (including phenoxy) is 2. The Bertz CT molecular complexity index is 1510. The molecular weight excluding hydrogens is 562 g/mol. The summed E-state index contributed by atoms with van der Waals surface area (Å²) in [5.74, 6) is 1.25. The normalized spacial score (nSPS) is 11.9. The topological polar surface area (TPSA) is 18.5 Å². The Labute approximate surface area is 236 Å². The van der Waals surface area contributed by atoms with Crippen LogP contribution in [0, 0.1) is 0 Å². The van der Waals surface area contributed by atoms with Gasteiger partial charge in [-0.25, -0.2) is 0 Å².